The predicted molar refractivity (Wildman–Crippen MR) is 104 cm³/mol. The molecule has 4 rings (SSSR count). The number of fused-ring (bicyclic) bond motifs is 1. The van der Waals surface area contributed by atoms with Crippen molar-refractivity contribution in [3.05, 3.63) is 51.7 Å². The fraction of sp³-hybridized carbons (Fsp3) is 0.400. The topological polar surface area (TPSA) is 75.9 Å². The summed E-state index contributed by atoms with van der Waals surface area (Å²) in [5.41, 5.74) is 6.49. The standard InChI is InChI=1S/C20H23N3O3S/c21-20(25)18-8-7-17(27-18)15-5-3-9-23(15)19(24)13-22-10-11-26-16-6-2-1-4-14(16)12-22/h1-2,4,6-8,15H,3,5,9-13H2,(H2,21,25). The van der Waals surface area contributed by atoms with Gasteiger partial charge < -0.3 is 15.4 Å². The zero-order chi connectivity index (χ0) is 18.8. The van der Waals surface area contributed by atoms with Crippen molar-refractivity contribution >= 4 is 23.2 Å². The SMILES string of the molecule is NC(=O)c1ccc(C2CCCN2C(=O)CN2CCOc3ccccc3C2)s1. The molecule has 1 fully saturated rings. The van der Waals surface area contributed by atoms with Gasteiger partial charge in [-0.2, -0.15) is 0 Å². The van der Waals surface area contributed by atoms with E-state index in [4.69, 9.17) is 10.5 Å². The number of nitrogens with two attached hydrogens (primary N) is 1. The van der Waals surface area contributed by atoms with Gasteiger partial charge in [-0.3, -0.25) is 14.5 Å². The van der Waals surface area contributed by atoms with Crippen molar-refractivity contribution in [2.75, 3.05) is 26.2 Å². The Morgan fingerprint density at radius 2 is 2.04 bits per heavy atom. The first kappa shape index (κ1) is 18.0. The number of primary amides is 1. The molecule has 27 heavy (non-hydrogen) atoms. The van der Waals surface area contributed by atoms with Crippen LogP contribution in [0.15, 0.2) is 36.4 Å². The maximum Gasteiger partial charge on any atom is 0.258 e. The lowest BCUT2D eigenvalue weighted by molar-refractivity contribution is -0.133. The molecule has 6 nitrogen and oxygen atoms in total. The second-order valence-corrected chi connectivity index (χ2v) is 8.09. The molecular formula is C20H23N3O3S. The van der Waals surface area contributed by atoms with Gasteiger partial charge in [0, 0.05) is 30.1 Å². The summed E-state index contributed by atoms with van der Waals surface area (Å²) in [5, 5.41) is 0. The molecule has 0 spiro atoms. The van der Waals surface area contributed by atoms with E-state index in [0.29, 0.717) is 24.6 Å². The first-order chi connectivity index (χ1) is 13.1. The van der Waals surface area contributed by atoms with Crippen LogP contribution in [0.3, 0.4) is 0 Å². The lowest BCUT2D eigenvalue weighted by Gasteiger charge is -2.27. The Bertz CT molecular complexity index is 851. The van der Waals surface area contributed by atoms with Gasteiger partial charge in [0.25, 0.3) is 5.91 Å². The van der Waals surface area contributed by atoms with Gasteiger partial charge in [-0.1, -0.05) is 18.2 Å². The molecule has 2 amide bonds. The number of rotatable bonds is 4. The Hall–Kier alpha value is -2.38. The normalized spacial score (nSPS) is 20.0. The average molecular weight is 385 g/mol. The van der Waals surface area contributed by atoms with Gasteiger partial charge in [-0.15, -0.1) is 11.3 Å². The first-order valence-corrected chi connectivity index (χ1v) is 10.1. The van der Waals surface area contributed by atoms with Crippen LogP contribution in [0.5, 0.6) is 5.75 Å². The number of benzene rings is 1. The highest BCUT2D eigenvalue weighted by Gasteiger charge is 2.32. The zero-order valence-corrected chi connectivity index (χ0v) is 15.9. The van der Waals surface area contributed by atoms with Gasteiger partial charge in [0.15, 0.2) is 0 Å². The van der Waals surface area contributed by atoms with Crippen molar-refractivity contribution in [2.24, 2.45) is 5.73 Å². The second kappa shape index (κ2) is 7.70. The van der Waals surface area contributed by atoms with Crippen LogP contribution in [-0.2, 0) is 11.3 Å². The smallest absolute Gasteiger partial charge is 0.258 e. The second-order valence-electron chi connectivity index (χ2n) is 6.98. The molecule has 1 atom stereocenters. The molecule has 0 saturated carbocycles. The maximum atomic E-state index is 13.0. The number of nitrogens with zero attached hydrogens (tertiary/aromatic N) is 2. The van der Waals surface area contributed by atoms with Crippen LogP contribution in [0, 0.1) is 0 Å². The maximum absolute atomic E-state index is 13.0. The lowest BCUT2D eigenvalue weighted by Crippen LogP contribution is -2.40. The van der Waals surface area contributed by atoms with Crippen molar-refractivity contribution < 1.29 is 14.3 Å². The summed E-state index contributed by atoms with van der Waals surface area (Å²) < 4.78 is 5.79. The molecule has 1 unspecified atom stereocenters. The molecule has 2 aliphatic heterocycles. The fourth-order valence-corrected chi connectivity index (χ4v) is 4.83. The number of likely N-dealkylation sites (tertiary alicyclic amines) is 1. The average Bonchev–Trinajstić information content (AvgIpc) is 3.27. The van der Waals surface area contributed by atoms with Crippen molar-refractivity contribution in [3.63, 3.8) is 0 Å². The van der Waals surface area contributed by atoms with Crippen LogP contribution in [0.4, 0.5) is 0 Å². The number of hydrogen-bond acceptors (Lipinski definition) is 5. The number of carbonyl (C=O) groups excluding carboxylic acids is 2. The molecular weight excluding hydrogens is 362 g/mol. The van der Waals surface area contributed by atoms with Crippen LogP contribution in [-0.4, -0.2) is 47.9 Å². The van der Waals surface area contributed by atoms with E-state index in [9.17, 15) is 9.59 Å². The molecule has 142 valence electrons. The molecule has 1 aromatic carbocycles. The highest BCUT2D eigenvalue weighted by molar-refractivity contribution is 7.14. The molecule has 1 saturated heterocycles. The summed E-state index contributed by atoms with van der Waals surface area (Å²) in [4.78, 5) is 30.1. The quantitative estimate of drug-likeness (QED) is 0.877. The molecule has 0 aliphatic carbocycles. The van der Waals surface area contributed by atoms with E-state index in [1.54, 1.807) is 6.07 Å². The van der Waals surface area contributed by atoms with Crippen LogP contribution >= 0.6 is 11.3 Å². The van der Waals surface area contributed by atoms with Crippen LogP contribution in [0.25, 0.3) is 0 Å². The third-order valence-corrected chi connectivity index (χ3v) is 6.36. The fourth-order valence-electron chi connectivity index (χ4n) is 3.82. The molecule has 2 N–H and O–H groups in total. The van der Waals surface area contributed by atoms with Gasteiger partial charge in [-0.25, -0.2) is 0 Å². The van der Waals surface area contributed by atoms with E-state index in [1.807, 2.05) is 35.2 Å². The summed E-state index contributed by atoms with van der Waals surface area (Å²) in [7, 11) is 0. The van der Waals surface area contributed by atoms with Gasteiger partial charge >= 0.3 is 0 Å². The third kappa shape index (κ3) is 3.84. The van der Waals surface area contributed by atoms with Crippen molar-refractivity contribution in [3.8, 4) is 5.75 Å². The molecule has 3 heterocycles. The number of amides is 2. The summed E-state index contributed by atoms with van der Waals surface area (Å²) >= 11 is 1.40. The monoisotopic (exact) mass is 385 g/mol. The van der Waals surface area contributed by atoms with E-state index < -0.39 is 5.91 Å². The number of para-hydroxylation sites is 1. The number of thiophene rings is 1. The molecule has 2 aliphatic rings. The minimum absolute atomic E-state index is 0.0473. The summed E-state index contributed by atoms with van der Waals surface area (Å²) in [6.45, 7) is 3.16. The van der Waals surface area contributed by atoms with Crippen LogP contribution < -0.4 is 10.5 Å². The van der Waals surface area contributed by atoms with Crippen LogP contribution in [0.1, 0.15) is 39.0 Å². The zero-order valence-electron chi connectivity index (χ0n) is 15.1. The van der Waals surface area contributed by atoms with Crippen molar-refractivity contribution in [2.45, 2.75) is 25.4 Å². The van der Waals surface area contributed by atoms with Crippen LogP contribution in [0.2, 0.25) is 0 Å². The van der Waals surface area contributed by atoms with Gasteiger partial charge in [0.1, 0.15) is 12.4 Å². The molecule has 2 aromatic rings. The van der Waals surface area contributed by atoms with E-state index in [0.717, 1.165) is 42.1 Å². The lowest BCUT2D eigenvalue weighted by atomic mass is 10.1. The van der Waals surface area contributed by atoms with E-state index in [-0.39, 0.29) is 11.9 Å². The summed E-state index contributed by atoms with van der Waals surface area (Å²) in [5.74, 6) is 0.625. The van der Waals surface area contributed by atoms with Gasteiger partial charge in [-0.05, 0) is 31.0 Å². The Morgan fingerprint density at radius 1 is 1.19 bits per heavy atom. The predicted octanol–water partition coefficient (Wildman–Crippen LogP) is 2.41. The summed E-state index contributed by atoms with van der Waals surface area (Å²) in [6, 6.07) is 11.7. The largest absolute Gasteiger partial charge is 0.492 e. The number of hydrogen-bond donors (Lipinski definition) is 1. The Labute approximate surface area is 162 Å². The Kier molecular flexibility index (Phi) is 5.13. The molecule has 0 bridgehead atoms. The van der Waals surface area contributed by atoms with E-state index in [2.05, 4.69) is 4.90 Å². The van der Waals surface area contributed by atoms with Gasteiger partial charge in [0.05, 0.1) is 17.5 Å². The molecule has 1 aromatic heterocycles. The highest BCUT2D eigenvalue weighted by Crippen LogP contribution is 2.36. The Morgan fingerprint density at radius 3 is 2.85 bits per heavy atom. The van der Waals surface area contributed by atoms with E-state index in [1.165, 1.54) is 11.3 Å². The van der Waals surface area contributed by atoms with Crippen molar-refractivity contribution in [1.82, 2.24) is 9.80 Å². The first-order valence-electron chi connectivity index (χ1n) is 9.24. The van der Waals surface area contributed by atoms with Crippen molar-refractivity contribution in [1.29, 1.82) is 0 Å². The minimum Gasteiger partial charge on any atom is -0.492 e. The number of carbonyl (C=O) groups is 2. The van der Waals surface area contributed by atoms with E-state index >= 15 is 0 Å². The molecule has 7 heteroatoms. The Balaban J connectivity index is 1.44. The summed E-state index contributed by atoms with van der Waals surface area (Å²) in [6.07, 6.45) is 1.91. The van der Waals surface area contributed by atoms with Gasteiger partial charge in [0.2, 0.25) is 5.91 Å². The minimum atomic E-state index is -0.412. The third-order valence-electron chi connectivity index (χ3n) is 5.16. The number of ether oxygens (including phenoxy) is 1. The molecule has 0 radical (unpaired) electrons. The highest BCUT2D eigenvalue weighted by atomic mass is 32.1.